The van der Waals surface area contributed by atoms with Gasteiger partial charge >= 0.3 is 0 Å². The molecule has 0 bridgehead atoms. The van der Waals surface area contributed by atoms with E-state index in [0.29, 0.717) is 43.1 Å². The van der Waals surface area contributed by atoms with Crippen LogP contribution in [0.15, 0.2) is 30.5 Å². The number of aromatic amines is 1. The summed E-state index contributed by atoms with van der Waals surface area (Å²) in [6, 6.07) is 9.31. The van der Waals surface area contributed by atoms with Crippen LogP contribution in [-0.2, 0) is 5.60 Å². The van der Waals surface area contributed by atoms with Crippen LogP contribution in [0.5, 0.6) is 5.75 Å². The summed E-state index contributed by atoms with van der Waals surface area (Å²) in [6.07, 6.45) is 3.13. The van der Waals surface area contributed by atoms with E-state index in [1.165, 1.54) is 0 Å². The molecular weight excluding hydrogens is 294 g/mol. The molecule has 1 aromatic heterocycles. The molecule has 23 heavy (non-hydrogen) atoms. The number of hydrogen-bond acceptors (Lipinski definition) is 6. The molecular formula is C16H19N5O2. The second kappa shape index (κ2) is 6.77. The zero-order valence-electron chi connectivity index (χ0n) is 12.8. The van der Waals surface area contributed by atoms with Crippen molar-refractivity contribution in [3.8, 4) is 11.8 Å². The number of likely N-dealkylation sites (tertiary alicyclic amines) is 1. The summed E-state index contributed by atoms with van der Waals surface area (Å²) in [5, 5.41) is 30.1. The topological polar surface area (TPSA) is 98.1 Å². The highest BCUT2D eigenvalue weighted by molar-refractivity contribution is 5.42. The number of nitrogens with zero attached hydrogens (tertiary/aromatic N) is 4. The summed E-state index contributed by atoms with van der Waals surface area (Å²) >= 11 is 0. The molecule has 1 atom stereocenters. The second-order valence-corrected chi connectivity index (χ2v) is 5.72. The average molecular weight is 313 g/mol. The minimum Gasteiger partial charge on any atom is -0.491 e. The van der Waals surface area contributed by atoms with Crippen LogP contribution >= 0.6 is 0 Å². The van der Waals surface area contributed by atoms with Gasteiger partial charge in [-0.2, -0.15) is 20.7 Å². The summed E-state index contributed by atoms with van der Waals surface area (Å²) < 4.78 is 5.71. The van der Waals surface area contributed by atoms with Crippen molar-refractivity contribution in [2.24, 2.45) is 0 Å². The Morgan fingerprint density at radius 1 is 1.43 bits per heavy atom. The van der Waals surface area contributed by atoms with Crippen molar-refractivity contribution in [2.45, 2.75) is 18.4 Å². The van der Waals surface area contributed by atoms with Crippen LogP contribution in [0.25, 0.3) is 0 Å². The highest BCUT2D eigenvalue weighted by Gasteiger charge is 2.36. The second-order valence-electron chi connectivity index (χ2n) is 5.72. The molecule has 0 spiro atoms. The lowest BCUT2D eigenvalue weighted by Crippen LogP contribution is -2.47. The number of nitriles is 1. The van der Waals surface area contributed by atoms with Crippen LogP contribution in [-0.4, -0.2) is 51.7 Å². The molecule has 1 aromatic carbocycles. The third kappa shape index (κ3) is 3.50. The van der Waals surface area contributed by atoms with Gasteiger partial charge in [-0.3, -0.25) is 4.90 Å². The zero-order chi connectivity index (χ0) is 16.1. The fourth-order valence-electron chi connectivity index (χ4n) is 2.92. The number of piperidine rings is 1. The van der Waals surface area contributed by atoms with Gasteiger partial charge in [0.05, 0.1) is 11.8 Å². The van der Waals surface area contributed by atoms with Gasteiger partial charge in [0.1, 0.15) is 29.7 Å². The first kappa shape index (κ1) is 15.5. The Labute approximate surface area is 134 Å². The van der Waals surface area contributed by atoms with Crippen LogP contribution < -0.4 is 4.74 Å². The Kier molecular flexibility index (Phi) is 4.55. The molecule has 2 aromatic rings. The highest BCUT2D eigenvalue weighted by Crippen LogP contribution is 2.29. The summed E-state index contributed by atoms with van der Waals surface area (Å²) in [5.74, 6) is 0.596. The minimum absolute atomic E-state index is 0.466. The maximum atomic E-state index is 10.8. The molecule has 3 rings (SSSR count). The Morgan fingerprint density at radius 3 is 3.09 bits per heavy atom. The third-order valence-electron chi connectivity index (χ3n) is 4.11. The van der Waals surface area contributed by atoms with Crippen LogP contribution in [0, 0.1) is 11.3 Å². The number of para-hydroxylation sites is 1. The number of ether oxygens (including phenoxy) is 1. The summed E-state index contributed by atoms with van der Waals surface area (Å²) in [7, 11) is 0. The Bertz CT molecular complexity index is 682. The molecule has 1 aliphatic heterocycles. The van der Waals surface area contributed by atoms with Crippen molar-refractivity contribution >= 4 is 0 Å². The maximum absolute atomic E-state index is 10.8. The van der Waals surface area contributed by atoms with Gasteiger partial charge in [0.25, 0.3) is 0 Å². The van der Waals surface area contributed by atoms with Gasteiger partial charge in [0.2, 0.25) is 0 Å². The first-order chi connectivity index (χ1) is 11.2. The zero-order valence-corrected chi connectivity index (χ0v) is 12.8. The molecule has 1 saturated heterocycles. The maximum Gasteiger partial charge on any atom is 0.137 e. The average Bonchev–Trinajstić information content (AvgIpc) is 3.11. The number of aliphatic hydroxyl groups is 1. The monoisotopic (exact) mass is 313 g/mol. The summed E-state index contributed by atoms with van der Waals surface area (Å²) in [5.41, 5.74) is 0.152. The molecule has 0 saturated carbocycles. The van der Waals surface area contributed by atoms with Crippen LogP contribution in [0.3, 0.4) is 0 Å². The van der Waals surface area contributed by atoms with E-state index in [9.17, 15) is 5.11 Å². The molecule has 0 radical (unpaired) electrons. The molecule has 120 valence electrons. The molecule has 2 N–H and O–H groups in total. The van der Waals surface area contributed by atoms with E-state index in [1.54, 1.807) is 18.3 Å². The van der Waals surface area contributed by atoms with E-state index in [0.717, 1.165) is 13.0 Å². The lowest BCUT2D eigenvalue weighted by atomic mass is 9.90. The van der Waals surface area contributed by atoms with Gasteiger partial charge in [-0.1, -0.05) is 12.1 Å². The van der Waals surface area contributed by atoms with E-state index in [-0.39, 0.29) is 0 Å². The number of H-pyrrole nitrogens is 1. The van der Waals surface area contributed by atoms with E-state index in [4.69, 9.17) is 10.00 Å². The Hall–Kier alpha value is -2.43. The Balaban J connectivity index is 1.56. The van der Waals surface area contributed by atoms with E-state index in [1.807, 2.05) is 12.1 Å². The highest BCUT2D eigenvalue weighted by atomic mass is 16.5. The molecule has 0 unspecified atom stereocenters. The molecule has 7 heteroatoms. The number of nitrogens with one attached hydrogen (secondary N) is 1. The van der Waals surface area contributed by atoms with Gasteiger partial charge in [0, 0.05) is 13.1 Å². The van der Waals surface area contributed by atoms with Gasteiger partial charge in [-0.25, -0.2) is 0 Å². The van der Waals surface area contributed by atoms with Crippen molar-refractivity contribution in [1.29, 1.82) is 5.26 Å². The van der Waals surface area contributed by atoms with Crippen molar-refractivity contribution in [3.63, 3.8) is 0 Å². The van der Waals surface area contributed by atoms with Crippen molar-refractivity contribution in [1.82, 2.24) is 20.3 Å². The van der Waals surface area contributed by atoms with Gasteiger partial charge in [-0.15, -0.1) is 0 Å². The number of β-amino-alcohol motifs (C(OH)–C–C–N with tert-alkyl or cyclic N) is 1. The summed E-state index contributed by atoms with van der Waals surface area (Å²) in [6.45, 7) is 2.56. The van der Waals surface area contributed by atoms with E-state index in [2.05, 4.69) is 26.4 Å². The number of hydrogen-bond donors (Lipinski definition) is 2. The number of rotatable bonds is 5. The van der Waals surface area contributed by atoms with Gasteiger partial charge in [0.15, 0.2) is 0 Å². The smallest absolute Gasteiger partial charge is 0.137 e. The van der Waals surface area contributed by atoms with Crippen LogP contribution in [0.1, 0.15) is 24.1 Å². The normalized spacial score (nSPS) is 21.7. The van der Waals surface area contributed by atoms with Crippen LogP contribution in [0.4, 0.5) is 0 Å². The van der Waals surface area contributed by atoms with Crippen molar-refractivity contribution in [3.05, 3.63) is 41.7 Å². The van der Waals surface area contributed by atoms with E-state index < -0.39 is 5.60 Å². The molecule has 7 nitrogen and oxygen atoms in total. The minimum atomic E-state index is -0.962. The molecule has 2 heterocycles. The molecule has 1 aliphatic rings. The largest absolute Gasteiger partial charge is 0.491 e. The Morgan fingerprint density at radius 2 is 2.30 bits per heavy atom. The van der Waals surface area contributed by atoms with E-state index >= 15 is 0 Å². The van der Waals surface area contributed by atoms with Crippen molar-refractivity contribution < 1.29 is 9.84 Å². The molecule has 1 fully saturated rings. The molecule has 0 aliphatic carbocycles. The fraction of sp³-hybridized carbons (Fsp3) is 0.438. The third-order valence-corrected chi connectivity index (χ3v) is 4.11. The summed E-state index contributed by atoms with van der Waals surface area (Å²) in [4.78, 5) is 2.15. The fourth-order valence-corrected chi connectivity index (χ4v) is 2.92. The first-order valence-electron chi connectivity index (χ1n) is 7.64. The van der Waals surface area contributed by atoms with Crippen LogP contribution in [0.2, 0.25) is 0 Å². The number of aromatic nitrogens is 3. The van der Waals surface area contributed by atoms with Crippen molar-refractivity contribution in [2.75, 3.05) is 26.2 Å². The first-order valence-corrected chi connectivity index (χ1v) is 7.64. The SMILES string of the molecule is N#Cc1ccccc1OCCN1CCC[C@@](O)(c2cn[nH]n2)C1. The quantitative estimate of drug-likeness (QED) is 0.856. The lowest BCUT2D eigenvalue weighted by molar-refractivity contribution is -0.0412. The number of benzene rings is 1. The van der Waals surface area contributed by atoms with Gasteiger partial charge < -0.3 is 9.84 Å². The predicted octanol–water partition coefficient (Wildman–Crippen LogP) is 1.04. The standard InChI is InChI=1S/C16H19N5O2/c17-10-13-4-1-2-5-14(13)23-9-8-21-7-3-6-16(22,12-21)15-11-18-20-19-15/h1-2,4-5,11,22H,3,6-9,12H2,(H,18,19,20)/t16-/m0/s1. The van der Waals surface area contributed by atoms with Gasteiger partial charge in [-0.05, 0) is 31.5 Å². The lowest BCUT2D eigenvalue weighted by Gasteiger charge is -2.37. The molecule has 0 amide bonds. The predicted molar refractivity (Wildman–Crippen MR) is 82.6 cm³/mol.